The zero-order valence-electron chi connectivity index (χ0n) is 36.9. The van der Waals surface area contributed by atoms with Crippen LogP contribution < -0.4 is 0 Å². The van der Waals surface area contributed by atoms with Crippen LogP contribution in [0.1, 0.15) is 244 Å². The molecule has 0 aliphatic rings. The molecule has 0 nitrogen and oxygen atoms in total. The third-order valence-corrected chi connectivity index (χ3v) is 8.67. The van der Waals surface area contributed by atoms with Crippen LogP contribution in [0, 0.1) is 55.2 Å². The lowest BCUT2D eigenvalue weighted by Gasteiger charge is -2.35. The second-order valence-corrected chi connectivity index (χ2v) is 24.7. The fourth-order valence-electron chi connectivity index (χ4n) is 6.02. The summed E-state index contributed by atoms with van der Waals surface area (Å²) in [4.78, 5) is 0. The Bertz CT molecular complexity index is 659. The molecule has 284 valence electrons. The van der Waals surface area contributed by atoms with Gasteiger partial charge < -0.3 is 0 Å². The molecule has 0 spiro atoms. The van der Waals surface area contributed by atoms with Gasteiger partial charge in [0.25, 0.3) is 0 Å². The highest BCUT2D eigenvalue weighted by Gasteiger charge is 2.28. The largest absolute Gasteiger partial charge is 0.0776 e. The van der Waals surface area contributed by atoms with Gasteiger partial charge in [-0.2, -0.15) is 0 Å². The van der Waals surface area contributed by atoms with Crippen molar-refractivity contribution in [3.8, 4) is 0 Å². The van der Waals surface area contributed by atoms with Gasteiger partial charge in [0.2, 0.25) is 0 Å². The smallest absolute Gasteiger partial charge is 0.0354 e. The van der Waals surface area contributed by atoms with Gasteiger partial charge in [-0.3, -0.25) is 0 Å². The van der Waals surface area contributed by atoms with Crippen molar-refractivity contribution in [2.75, 3.05) is 0 Å². The molecule has 0 N–H and O–H groups in total. The van der Waals surface area contributed by atoms with Gasteiger partial charge in [0, 0.05) is 0 Å². The number of hydrogen-bond donors (Lipinski definition) is 0. The molecule has 0 saturated carbocycles. The minimum absolute atomic E-state index is 0. The quantitative estimate of drug-likeness (QED) is 0.220. The summed E-state index contributed by atoms with van der Waals surface area (Å²) in [6.45, 7) is 56.6. The van der Waals surface area contributed by atoms with Crippen LogP contribution in [-0.2, 0) is 0 Å². The van der Waals surface area contributed by atoms with Crippen LogP contribution >= 0.6 is 0 Å². The molecule has 0 aromatic rings. The molecule has 0 atom stereocenters. The van der Waals surface area contributed by atoms with E-state index < -0.39 is 0 Å². The molecule has 0 aliphatic carbocycles. The van der Waals surface area contributed by atoms with Crippen LogP contribution in [0.5, 0.6) is 0 Å². The predicted molar refractivity (Wildman–Crippen MR) is 220 cm³/mol. The van der Waals surface area contributed by atoms with Crippen molar-refractivity contribution < 1.29 is 0 Å². The first-order chi connectivity index (χ1) is 19.3. The van der Waals surface area contributed by atoms with Gasteiger partial charge in [-0.15, -0.1) is 0 Å². The first-order valence-electron chi connectivity index (χ1n) is 19.3. The summed E-state index contributed by atoms with van der Waals surface area (Å²) in [6, 6.07) is 0. The molecule has 0 radical (unpaired) electrons. The fourth-order valence-corrected chi connectivity index (χ4v) is 6.02. The van der Waals surface area contributed by atoms with Gasteiger partial charge in [0.05, 0.1) is 0 Å². The molecule has 0 unspecified atom stereocenters. The Morgan fingerprint density at radius 3 is 0.739 bits per heavy atom. The Morgan fingerprint density at radius 1 is 0.304 bits per heavy atom. The topological polar surface area (TPSA) is 0 Å². The Kier molecular flexibility index (Phi) is 23.7. The summed E-state index contributed by atoms with van der Waals surface area (Å²) in [5.74, 6) is 1.75. The molecule has 0 amide bonds. The Labute approximate surface area is 298 Å². The molecule has 0 rings (SSSR count). The van der Waals surface area contributed by atoms with Crippen LogP contribution in [-0.4, -0.2) is 0 Å². The van der Waals surface area contributed by atoms with E-state index >= 15 is 0 Å². The van der Waals surface area contributed by atoms with Gasteiger partial charge in [0.15, 0.2) is 0 Å². The summed E-state index contributed by atoms with van der Waals surface area (Å²) in [5.41, 5.74) is 3.86. The third-order valence-electron chi connectivity index (χ3n) is 8.67. The monoisotopic (exact) mass is 653 g/mol. The Hall–Kier alpha value is 0. The molecular formula is C46H100. The average molecular weight is 653 g/mol. The fraction of sp³-hybridized carbons (Fsp3) is 1.00. The normalized spacial score (nSPS) is 14.0. The summed E-state index contributed by atoms with van der Waals surface area (Å²) in [6.07, 6.45) is 15.0. The maximum atomic E-state index is 2.41. The van der Waals surface area contributed by atoms with Gasteiger partial charge in [-0.25, -0.2) is 0 Å². The van der Waals surface area contributed by atoms with Crippen molar-refractivity contribution in [2.24, 2.45) is 55.2 Å². The number of rotatable bonds is 10. The van der Waals surface area contributed by atoms with E-state index in [0.717, 1.165) is 11.8 Å². The van der Waals surface area contributed by atoms with Crippen LogP contribution in [0.15, 0.2) is 0 Å². The SMILES string of the molecule is C.CC(C)(C)CCC(CC(C)(C)C)CC(C)(C)C.CC(C)(C)CCC(CCC(C)(C)C)C(C)(C)C.CC(C)(C)CCCC(C)(C)C. The first kappa shape index (κ1) is 52.8. The lowest BCUT2D eigenvalue weighted by atomic mass is 9.71. The Balaban J connectivity index is -0.000000292. The first-order valence-corrected chi connectivity index (χ1v) is 19.3. The summed E-state index contributed by atoms with van der Waals surface area (Å²) < 4.78 is 0. The molecule has 0 aromatic carbocycles. The average Bonchev–Trinajstić information content (AvgIpc) is 2.65. The standard InChI is InChI=1S/2C17H36.C11H24.CH4/c1-15(2,3)12-10-14(17(7,8)9)11-13-16(4,5)6;1-15(2,3)11-10-14(12-16(4,5)6)13-17(7,8)9;1-10(2,3)8-7-9-11(4,5)6;/h2*14H,10-13H2,1-9H3;7-9H2,1-6H3;1H4. The molecule has 46 heavy (non-hydrogen) atoms. The highest BCUT2D eigenvalue weighted by molar-refractivity contribution is 4.79. The van der Waals surface area contributed by atoms with Crippen LogP contribution in [0.3, 0.4) is 0 Å². The van der Waals surface area contributed by atoms with E-state index in [1.807, 2.05) is 0 Å². The molecule has 0 saturated heterocycles. The maximum Gasteiger partial charge on any atom is -0.0354 e. The van der Waals surface area contributed by atoms with E-state index in [9.17, 15) is 0 Å². The van der Waals surface area contributed by atoms with Gasteiger partial charge in [-0.1, -0.05) is 180 Å². The van der Waals surface area contributed by atoms with Gasteiger partial charge >= 0.3 is 0 Å². The molecule has 0 fully saturated rings. The number of hydrogen-bond acceptors (Lipinski definition) is 0. The highest BCUT2D eigenvalue weighted by Crippen LogP contribution is 2.39. The van der Waals surface area contributed by atoms with Crippen LogP contribution in [0.25, 0.3) is 0 Å². The van der Waals surface area contributed by atoms with E-state index in [2.05, 4.69) is 166 Å². The van der Waals surface area contributed by atoms with E-state index in [1.54, 1.807) is 0 Å². The molecule has 0 bridgehead atoms. The van der Waals surface area contributed by atoms with Crippen molar-refractivity contribution in [1.29, 1.82) is 0 Å². The van der Waals surface area contributed by atoms with E-state index in [4.69, 9.17) is 0 Å². The Morgan fingerprint density at radius 2 is 0.543 bits per heavy atom. The van der Waals surface area contributed by atoms with Crippen molar-refractivity contribution >= 4 is 0 Å². The maximum absolute atomic E-state index is 2.41. The van der Waals surface area contributed by atoms with E-state index in [1.165, 1.54) is 70.6 Å². The van der Waals surface area contributed by atoms with E-state index in [0.29, 0.717) is 43.3 Å². The molecule has 0 aromatic heterocycles. The highest BCUT2D eigenvalue weighted by atomic mass is 14.3. The zero-order valence-corrected chi connectivity index (χ0v) is 36.9. The summed E-state index contributed by atoms with van der Waals surface area (Å²) >= 11 is 0. The lowest BCUT2D eigenvalue weighted by molar-refractivity contribution is 0.164. The minimum Gasteiger partial charge on any atom is -0.0776 e. The van der Waals surface area contributed by atoms with Gasteiger partial charge in [0.1, 0.15) is 0 Å². The summed E-state index contributed by atoms with van der Waals surface area (Å²) in [5, 5.41) is 0. The second kappa shape index (κ2) is 20.6. The minimum atomic E-state index is 0. The van der Waals surface area contributed by atoms with E-state index in [-0.39, 0.29) is 7.43 Å². The van der Waals surface area contributed by atoms with Crippen molar-refractivity contribution in [3.63, 3.8) is 0 Å². The lowest BCUT2D eigenvalue weighted by Crippen LogP contribution is -2.24. The van der Waals surface area contributed by atoms with Crippen LogP contribution in [0.2, 0.25) is 0 Å². The van der Waals surface area contributed by atoms with Crippen molar-refractivity contribution in [1.82, 2.24) is 0 Å². The second-order valence-electron chi connectivity index (χ2n) is 24.7. The van der Waals surface area contributed by atoms with Gasteiger partial charge in [-0.05, 0) is 119 Å². The predicted octanol–water partition coefficient (Wildman–Crippen LogP) is 17.5. The summed E-state index contributed by atoms with van der Waals surface area (Å²) in [7, 11) is 0. The van der Waals surface area contributed by atoms with Crippen molar-refractivity contribution in [3.05, 3.63) is 0 Å². The van der Waals surface area contributed by atoms with Crippen LogP contribution in [0.4, 0.5) is 0 Å². The zero-order chi connectivity index (χ0) is 36.9. The molecule has 0 heterocycles. The molecular weight excluding hydrogens is 553 g/mol. The molecule has 0 aliphatic heterocycles. The van der Waals surface area contributed by atoms with Crippen molar-refractivity contribution in [2.45, 2.75) is 244 Å². The third kappa shape index (κ3) is 46.1. The molecule has 0 heteroatoms.